The first kappa shape index (κ1) is 15.0. The zero-order chi connectivity index (χ0) is 16.5. The van der Waals surface area contributed by atoms with E-state index in [1.807, 2.05) is 22.6 Å². The molecule has 7 nitrogen and oxygen atoms in total. The average molecular weight is 329 g/mol. The molecule has 24 heavy (non-hydrogen) atoms. The van der Waals surface area contributed by atoms with E-state index in [2.05, 4.69) is 5.10 Å². The zero-order valence-corrected chi connectivity index (χ0v) is 13.5. The molecule has 2 aromatic rings. The van der Waals surface area contributed by atoms with Crippen molar-refractivity contribution >= 4 is 5.91 Å². The Morgan fingerprint density at radius 3 is 3.08 bits per heavy atom. The van der Waals surface area contributed by atoms with Crippen LogP contribution in [0.5, 0.6) is 11.5 Å². The topological polar surface area (TPSA) is 65.8 Å². The maximum absolute atomic E-state index is 12.9. The van der Waals surface area contributed by atoms with Crippen molar-refractivity contribution in [2.75, 3.05) is 26.6 Å². The second-order valence-electron chi connectivity index (χ2n) is 5.83. The molecule has 7 heteroatoms. The maximum Gasteiger partial charge on any atom is 0.254 e. The molecule has 1 unspecified atom stereocenters. The minimum absolute atomic E-state index is 0.0257. The van der Waals surface area contributed by atoms with Gasteiger partial charge in [0.2, 0.25) is 6.79 Å². The predicted octanol–water partition coefficient (Wildman–Crippen LogP) is 1.85. The lowest BCUT2D eigenvalue weighted by atomic mass is 10.1. The van der Waals surface area contributed by atoms with Crippen LogP contribution in [0.25, 0.3) is 0 Å². The van der Waals surface area contributed by atoms with Gasteiger partial charge in [-0.3, -0.25) is 9.48 Å². The van der Waals surface area contributed by atoms with Crippen molar-refractivity contribution in [2.45, 2.75) is 19.5 Å². The summed E-state index contributed by atoms with van der Waals surface area (Å²) in [4.78, 5) is 14.7. The van der Waals surface area contributed by atoms with Crippen LogP contribution < -0.4 is 9.47 Å². The van der Waals surface area contributed by atoms with Gasteiger partial charge in [-0.25, -0.2) is 0 Å². The summed E-state index contributed by atoms with van der Waals surface area (Å²) in [5, 5.41) is 4.37. The van der Waals surface area contributed by atoms with Crippen molar-refractivity contribution < 1.29 is 19.0 Å². The number of benzene rings is 1. The van der Waals surface area contributed by atoms with Crippen LogP contribution in [0.4, 0.5) is 0 Å². The molecule has 0 spiro atoms. The van der Waals surface area contributed by atoms with Gasteiger partial charge in [-0.05, 0) is 31.2 Å². The Morgan fingerprint density at radius 2 is 2.21 bits per heavy atom. The van der Waals surface area contributed by atoms with E-state index in [0.717, 1.165) is 5.69 Å². The molecule has 0 aliphatic carbocycles. The lowest BCUT2D eigenvalue weighted by Crippen LogP contribution is -2.42. The smallest absolute Gasteiger partial charge is 0.254 e. The molecule has 3 heterocycles. The van der Waals surface area contributed by atoms with Crippen LogP contribution in [0.1, 0.15) is 29.0 Å². The number of hydrogen-bond donors (Lipinski definition) is 0. The van der Waals surface area contributed by atoms with E-state index in [1.165, 1.54) is 0 Å². The Morgan fingerprint density at radius 1 is 1.33 bits per heavy atom. The number of hydrogen-bond acceptors (Lipinski definition) is 5. The number of rotatable bonds is 4. The number of carbonyl (C=O) groups excluding carboxylic acids is 1. The van der Waals surface area contributed by atoms with Gasteiger partial charge < -0.3 is 19.1 Å². The van der Waals surface area contributed by atoms with Crippen LogP contribution in [0.2, 0.25) is 0 Å². The van der Waals surface area contributed by atoms with Gasteiger partial charge in [0.25, 0.3) is 5.91 Å². The van der Waals surface area contributed by atoms with E-state index in [0.29, 0.717) is 43.4 Å². The van der Waals surface area contributed by atoms with Crippen molar-refractivity contribution in [1.82, 2.24) is 14.7 Å². The maximum atomic E-state index is 12.9. The molecule has 0 fully saturated rings. The van der Waals surface area contributed by atoms with Gasteiger partial charge in [-0.1, -0.05) is 0 Å². The summed E-state index contributed by atoms with van der Waals surface area (Å²) in [5.74, 6) is 1.27. The molecule has 0 bridgehead atoms. The van der Waals surface area contributed by atoms with Crippen LogP contribution >= 0.6 is 0 Å². The highest BCUT2D eigenvalue weighted by molar-refractivity contribution is 5.95. The number of amides is 1. The van der Waals surface area contributed by atoms with E-state index < -0.39 is 0 Å². The van der Waals surface area contributed by atoms with Crippen molar-refractivity contribution in [3.05, 3.63) is 41.7 Å². The lowest BCUT2D eigenvalue weighted by molar-refractivity contribution is 0.0516. The second kappa shape index (κ2) is 6.16. The van der Waals surface area contributed by atoms with Crippen LogP contribution in [0, 0.1) is 0 Å². The Kier molecular flexibility index (Phi) is 3.86. The fraction of sp³-hybridized carbons (Fsp3) is 0.412. The Bertz CT molecular complexity index is 758. The molecule has 4 rings (SSSR count). The third kappa shape index (κ3) is 2.60. The van der Waals surface area contributed by atoms with Crippen molar-refractivity contribution in [1.29, 1.82) is 0 Å². The van der Waals surface area contributed by atoms with E-state index in [9.17, 15) is 4.79 Å². The number of aromatic nitrogens is 2. The highest BCUT2D eigenvalue weighted by Gasteiger charge is 2.29. The van der Waals surface area contributed by atoms with Gasteiger partial charge >= 0.3 is 0 Å². The first-order valence-electron chi connectivity index (χ1n) is 8.05. The van der Waals surface area contributed by atoms with Crippen LogP contribution in [0.3, 0.4) is 0 Å². The summed E-state index contributed by atoms with van der Waals surface area (Å²) in [6.07, 6.45) is 1.77. The average Bonchev–Trinajstić information content (AvgIpc) is 3.26. The molecule has 0 radical (unpaired) electrons. The summed E-state index contributed by atoms with van der Waals surface area (Å²) < 4.78 is 18.2. The van der Waals surface area contributed by atoms with E-state index in [1.54, 1.807) is 24.4 Å². The fourth-order valence-corrected chi connectivity index (χ4v) is 3.13. The number of nitrogens with zero attached hydrogens (tertiary/aromatic N) is 3. The molecule has 1 amide bonds. The largest absolute Gasteiger partial charge is 0.454 e. The fourth-order valence-electron chi connectivity index (χ4n) is 3.13. The molecule has 1 aromatic carbocycles. The molecule has 126 valence electrons. The molecule has 2 aliphatic heterocycles. The Hall–Kier alpha value is -2.54. The van der Waals surface area contributed by atoms with Crippen molar-refractivity contribution in [3.8, 4) is 11.5 Å². The van der Waals surface area contributed by atoms with Gasteiger partial charge in [-0.2, -0.15) is 5.10 Å². The minimum atomic E-state index is -0.0257. The minimum Gasteiger partial charge on any atom is -0.454 e. The molecule has 0 saturated heterocycles. The second-order valence-corrected chi connectivity index (χ2v) is 5.83. The highest BCUT2D eigenvalue weighted by Crippen LogP contribution is 2.33. The summed E-state index contributed by atoms with van der Waals surface area (Å²) in [6.45, 7) is 4.45. The van der Waals surface area contributed by atoms with Crippen LogP contribution in [-0.4, -0.2) is 47.1 Å². The quantitative estimate of drug-likeness (QED) is 0.856. The SMILES string of the molecule is CCOCC1CN(C(=O)c2ccc3c(c2)OCO3)Cc2ccnn21. The van der Waals surface area contributed by atoms with Gasteiger partial charge in [0.15, 0.2) is 11.5 Å². The third-order valence-electron chi connectivity index (χ3n) is 4.30. The number of carbonyl (C=O) groups is 1. The molecule has 1 atom stereocenters. The summed E-state index contributed by atoms with van der Waals surface area (Å²) in [5.41, 5.74) is 1.61. The molecule has 0 N–H and O–H groups in total. The molecular formula is C17H19N3O4. The van der Waals surface area contributed by atoms with Crippen molar-refractivity contribution in [3.63, 3.8) is 0 Å². The Balaban J connectivity index is 1.56. The first-order chi connectivity index (χ1) is 11.8. The van der Waals surface area contributed by atoms with Crippen molar-refractivity contribution in [2.24, 2.45) is 0 Å². The van der Waals surface area contributed by atoms with Gasteiger partial charge in [-0.15, -0.1) is 0 Å². The normalized spacial score (nSPS) is 18.5. The van der Waals surface area contributed by atoms with Gasteiger partial charge in [0.1, 0.15) is 0 Å². The molecule has 2 aliphatic rings. The predicted molar refractivity (Wildman–Crippen MR) is 85.1 cm³/mol. The molecule has 1 aromatic heterocycles. The van der Waals surface area contributed by atoms with Gasteiger partial charge in [0, 0.05) is 24.9 Å². The van der Waals surface area contributed by atoms with Gasteiger partial charge in [0.05, 0.1) is 24.9 Å². The molecular weight excluding hydrogens is 310 g/mol. The van der Waals surface area contributed by atoms with Crippen LogP contribution in [0.15, 0.2) is 30.5 Å². The van der Waals surface area contributed by atoms with E-state index in [-0.39, 0.29) is 18.7 Å². The first-order valence-corrected chi connectivity index (χ1v) is 8.05. The number of ether oxygens (including phenoxy) is 3. The molecule has 0 saturated carbocycles. The third-order valence-corrected chi connectivity index (χ3v) is 4.30. The Labute approximate surface area is 139 Å². The van der Waals surface area contributed by atoms with E-state index in [4.69, 9.17) is 14.2 Å². The zero-order valence-electron chi connectivity index (χ0n) is 13.5. The summed E-state index contributed by atoms with van der Waals surface area (Å²) >= 11 is 0. The van der Waals surface area contributed by atoms with Crippen LogP contribution in [-0.2, 0) is 11.3 Å². The monoisotopic (exact) mass is 329 g/mol. The standard InChI is InChI=1S/C17H19N3O4/c1-2-22-10-14-9-19(8-13-5-6-18-20(13)14)17(21)12-3-4-15-16(7-12)24-11-23-15/h3-7,14H,2,8-11H2,1H3. The number of fused-ring (bicyclic) bond motifs is 2. The summed E-state index contributed by atoms with van der Waals surface area (Å²) in [7, 11) is 0. The van der Waals surface area contributed by atoms with E-state index >= 15 is 0 Å². The highest BCUT2D eigenvalue weighted by atomic mass is 16.7. The lowest BCUT2D eigenvalue weighted by Gasteiger charge is -2.33. The summed E-state index contributed by atoms with van der Waals surface area (Å²) in [6, 6.07) is 7.27.